The van der Waals surface area contributed by atoms with Crippen molar-refractivity contribution in [1.29, 1.82) is 0 Å². The lowest BCUT2D eigenvalue weighted by Gasteiger charge is -2.29. The molecule has 1 aliphatic heterocycles. The van der Waals surface area contributed by atoms with Gasteiger partial charge in [0, 0.05) is 17.1 Å². The molecule has 0 bridgehead atoms. The van der Waals surface area contributed by atoms with Crippen LogP contribution in [0.3, 0.4) is 0 Å². The molecular weight excluding hydrogens is 390 g/mol. The van der Waals surface area contributed by atoms with E-state index in [-0.39, 0.29) is 24.3 Å². The van der Waals surface area contributed by atoms with Crippen LogP contribution in [0.1, 0.15) is 35.7 Å². The summed E-state index contributed by atoms with van der Waals surface area (Å²) in [6, 6.07) is 13.0. The fraction of sp³-hybridized carbons (Fsp3) is 0.364. The summed E-state index contributed by atoms with van der Waals surface area (Å²) < 4.78 is 0. The zero-order chi connectivity index (χ0) is 20.8. The lowest BCUT2D eigenvalue weighted by Crippen LogP contribution is -2.59. The van der Waals surface area contributed by atoms with E-state index >= 15 is 0 Å². The minimum atomic E-state index is -1.49. The summed E-state index contributed by atoms with van der Waals surface area (Å²) in [6.45, 7) is 3.52. The minimum Gasteiger partial charge on any atom is -0.359 e. The van der Waals surface area contributed by atoms with Gasteiger partial charge in [-0.2, -0.15) is 0 Å². The quantitative estimate of drug-likeness (QED) is 0.606. The lowest BCUT2D eigenvalue weighted by molar-refractivity contribution is -0.125. The third-order valence-electron chi connectivity index (χ3n) is 5.69. The Bertz CT molecular complexity index is 987. The maximum absolute atomic E-state index is 13.0. The Morgan fingerprint density at radius 2 is 2.00 bits per heavy atom. The highest BCUT2D eigenvalue weighted by atomic mass is 35.5. The molecule has 1 heterocycles. The lowest BCUT2D eigenvalue weighted by atomic mass is 9.92. The number of benzene rings is 2. The van der Waals surface area contributed by atoms with Crippen molar-refractivity contribution in [3.63, 3.8) is 0 Å². The number of halogens is 1. The molecule has 2 amide bonds. The van der Waals surface area contributed by atoms with Crippen LogP contribution < -0.4 is 16.0 Å². The molecule has 0 radical (unpaired) electrons. The fourth-order valence-electron chi connectivity index (χ4n) is 4.00. The van der Waals surface area contributed by atoms with Gasteiger partial charge in [0.1, 0.15) is 5.54 Å². The second kappa shape index (κ2) is 7.13. The first kappa shape index (κ1) is 19.9. The van der Waals surface area contributed by atoms with Crippen molar-refractivity contribution in [1.82, 2.24) is 16.0 Å². The molecule has 7 heteroatoms. The third kappa shape index (κ3) is 3.75. The predicted molar refractivity (Wildman–Crippen MR) is 111 cm³/mol. The van der Waals surface area contributed by atoms with Crippen molar-refractivity contribution in [3.05, 3.63) is 58.6 Å². The first-order valence-corrected chi connectivity index (χ1v) is 10.1. The van der Waals surface area contributed by atoms with Gasteiger partial charge in [-0.05, 0) is 61.4 Å². The van der Waals surface area contributed by atoms with Gasteiger partial charge in [0.05, 0.1) is 0 Å². The Balaban J connectivity index is 1.58. The van der Waals surface area contributed by atoms with Crippen LogP contribution in [-0.4, -0.2) is 34.9 Å². The minimum absolute atomic E-state index is 0.0860. The summed E-state index contributed by atoms with van der Waals surface area (Å²) in [4.78, 5) is 25.6. The highest BCUT2D eigenvalue weighted by Crippen LogP contribution is 2.42. The van der Waals surface area contributed by atoms with Crippen LogP contribution in [0.4, 0.5) is 0 Å². The number of carbonyl (C=O) groups excluding carboxylic acids is 2. The second-order valence-electron chi connectivity index (χ2n) is 8.09. The topological polar surface area (TPSA) is 90.5 Å². The third-order valence-corrected chi connectivity index (χ3v) is 6.09. The molecule has 2 aromatic carbocycles. The van der Waals surface area contributed by atoms with Crippen LogP contribution >= 0.6 is 11.6 Å². The SMILES string of the molecule is Cc1ccc(-c2ccccc2C(=O)NC[C@@]2(C3CC3)NC(C)(O)NC2=O)cc1Cl. The molecule has 1 unspecified atom stereocenters. The summed E-state index contributed by atoms with van der Waals surface area (Å²) in [5.41, 5.74) is 2.09. The summed E-state index contributed by atoms with van der Waals surface area (Å²) in [5.74, 6) is -1.97. The Hall–Kier alpha value is -2.41. The van der Waals surface area contributed by atoms with Gasteiger partial charge in [0.2, 0.25) is 5.91 Å². The molecule has 1 saturated carbocycles. The van der Waals surface area contributed by atoms with E-state index < -0.39 is 11.4 Å². The van der Waals surface area contributed by atoms with Gasteiger partial charge in [0.25, 0.3) is 5.91 Å². The molecule has 29 heavy (non-hydrogen) atoms. The van der Waals surface area contributed by atoms with Crippen molar-refractivity contribution in [2.75, 3.05) is 6.54 Å². The molecule has 152 valence electrons. The molecule has 2 atom stereocenters. The molecule has 1 saturated heterocycles. The number of hydrogen-bond donors (Lipinski definition) is 4. The van der Waals surface area contributed by atoms with Gasteiger partial charge in [0.15, 0.2) is 5.85 Å². The van der Waals surface area contributed by atoms with E-state index in [1.54, 1.807) is 12.1 Å². The number of hydrogen-bond acceptors (Lipinski definition) is 4. The predicted octanol–water partition coefficient (Wildman–Crippen LogP) is 2.58. The van der Waals surface area contributed by atoms with Crippen LogP contribution in [0.5, 0.6) is 0 Å². The van der Waals surface area contributed by atoms with Crippen molar-refractivity contribution in [2.45, 2.75) is 38.1 Å². The fourth-order valence-corrected chi connectivity index (χ4v) is 4.18. The smallest absolute Gasteiger partial charge is 0.251 e. The molecule has 0 spiro atoms. The number of carbonyl (C=O) groups is 2. The van der Waals surface area contributed by atoms with Gasteiger partial charge in [-0.15, -0.1) is 0 Å². The average Bonchev–Trinajstić information content (AvgIpc) is 3.49. The molecule has 2 aliphatic rings. The zero-order valence-corrected chi connectivity index (χ0v) is 17.1. The molecule has 4 rings (SSSR count). The Morgan fingerprint density at radius 3 is 2.62 bits per heavy atom. The first-order valence-electron chi connectivity index (χ1n) is 9.70. The highest BCUT2D eigenvalue weighted by molar-refractivity contribution is 6.31. The van der Waals surface area contributed by atoms with Crippen LogP contribution in [0.2, 0.25) is 5.02 Å². The molecule has 6 nitrogen and oxygen atoms in total. The van der Waals surface area contributed by atoms with E-state index in [2.05, 4.69) is 16.0 Å². The number of nitrogens with one attached hydrogen (secondary N) is 3. The van der Waals surface area contributed by atoms with E-state index in [1.807, 2.05) is 37.3 Å². The highest BCUT2D eigenvalue weighted by Gasteiger charge is 2.58. The van der Waals surface area contributed by atoms with Gasteiger partial charge < -0.3 is 15.7 Å². The Morgan fingerprint density at radius 1 is 1.28 bits per heavy atom. The summed E-state index contributed by atoms with van der Waals surface area (Å²) in [5, 5.41) is 19.3. The largest absolute Gasteiger partial charge is 0.359 e. The van der Waals surface area contributed by atoms with Gasteiger partial charge in [-0.3, -0.25) is 14.9 Å². The standard InChI is InChI=1S/C22H24ClN3O3/c1-13-7-8-14(11-18(13)23)16-5-3-4-6-17(16)19(27)24-12-22(15-9-10-15)20(28)25-21(2,29)26-22/h3-8,11,15,26,29H,9-10,12H2,1-2H3,(H,24,27)(H,25,28)/t21?,22-/m0/s1. The molecule has 0 aromatic heterocycles. The van der Waals surface area contributed by atoms with Crippen molar-refractivity contribution in [2.24, 2.45) is 5.92 Å². The van der Waals surface area contributed by atoms with Crippen LogP contribution in [0.15, 0.2) is 42.5 Å². The van der Waals surface area contributed by atoms with E-state index in [1.165, 1.54) is 6.92 Å². The van der Waals surface area contributed by atoms with Crippen molar-refractivity contribution < 1.29 is 14.7 Å². The van der Waals surface area contributed by atoms with Crippen LogP contribution in [0.25, 0.3) is 11.1 Å². The van der Waals surface area contributed by atoms with Crippen LogP contribution in [0, 0.1) is 12.8 Å². The Labute approximate surface area is 174 Å². The summed E-state index contributed by atoms with van der Waals surface area (Å²) in [7, 11) is 0. The zero-order valence-electron chi connectivity index (χ0n) is 16.4. The molecule has 4 N–H and O–H groups in total. The molecule has 2 fully saturated rings. The monoisotopic (exact) mass is 413 g/mol. The summed E-state index contributed by atoms with van der Waals surface area (Å²) >= 11 is 6.27. The first-order chi connectivity index (χ1) is 13.7. The number of aliphatic hydroxyl groups is 1. The molecule has 1 aliphatic carbocycles. The van der Waals surface area contributed by atoms with E-state index in [0.29, 0.717) is 10.6 Å². The Kier molecular flexibility index (Phi) is 4.89. The average molecular weight is 414 g/mol. The molecular formula is C22H24ClN3O3. The maximum atomic E-state index is 13.0. The maximum Gasteiger partial charge on any atom is 0.251 e. The second-order valence-corrected chi connectivity index (χ2v) is 8.50. The van der Waals surface area contributed by atoms with Crippen LogP contribution in [-0.2, 0) is 4.79 Å². The number of aryl methyl sites for hydroxylation is 1. The number of amides is 2. The van der Waals surface area contributed by atoms with Crippen molar-refractivity contribution in [3.8, 4) is 11.1 Å². The van der Waals surface area contributed by atoms with E-state index in [9.17, 15) is 14.7 Å². The normalized spacial score (nSPS) is 26.3. The van der Waals surface area contributed by atoms with E-state index in [0.717, 1.165) is 29.5 Å². The summed E-state index contributed by atoms with van der Waals surface area (Å²) in [6.07, 6.45) is 1.76. The van der Waals surface area contributed by atoms with E-state index in [4.69, 9.17) is 11.6 Å². The molecule has 2 aromatic rings. The van der Waals surface area contributed by atoms with Gasteiger partial charge >= 0.3 is 0 Å². The van der Waals surface area contributed by atoms with Gasteiger partial charge in [-0.25, -0.2) is 0 Å². The number of rotatable bonds is 5. The van der Waals surface area contributed by atoms with Gasteiger partial charge in [-0.1, -0.05) is 41.9 Å². The van der Waals surface area contributed by atoms with Crippen molar-refractivity contribution >= 4 is 23.4 Å².